The van der Waals surface area contributed by atoms with Gasteiger partial charge in [-0.1, -0.05) is 29.8 Å². The van der Waals surface area contributed by atoms with Crippen LogP contribution in [0.5, 0.6) is 5.75 Å². The van der Waals surface area contributed by atoms with E-state index in [-0.39, 0.29) is 18.4 Å². The van der Waals surface area contributed by atoms with E-state index in [4.69, 9.17) is 16.3 Å². The van der Waals surface area contributed by atoms with Gasteiger partial charge in [0.25, 0.3) is 5.91 Å². The van der Waals surface area contributed by atoms with E-state index < -0.39 is 0 Å². The predicted molar refractivity (Wildman–Crippen MR) is 90.0 cm³/mol. The normalized spacial score (nSPS) is 10.0. The van der Waals surface area contributed by atoms with Crippen molar-refractivity contribution in [3.63, 3.8) is 0 Å². The molecule has 5 nitrogen and oxygen atoms in total. The molecule has 0 fully saturated rings. The van der Waals surface area contributed by atoms with Gasteiger partial charge in [-0.3, -0.25) is 9.59 Å². The molecule has 2 amide bonds. The predicted octanol–water partition coefficient (Wildman–Crippen LogP) is 3.06. The monoisotopic (exact) mass is 332 g/mol. The highest BCUT2D eigenvalue weighted by molar-refractivity contribution is 6.31. The van der Waals surface area contributed by atoms with Crippen molar-refractivity contribution in [2.45, 2.75) is 0 Å². The number of ether oxygens (including phenoxy) is 1. The SMILES string of the molecule is COc1ccc(Cl)cc1C(=O)N(C)CC(=O)Nc1ccccc1. The summed E-state index contributed by atoms with van der Waals surface area (Å²) in [5.74, 6) is -0.213. The lowest BCUT2D eigenvalue weighted by Crippen LogP contribution is -2.35. The quantitative estimate of drug-likeness (QED) is 0.915. The van der Waals surface area contributed by atoms with Crippen molar-refractivity contribution in [3.05, 3.63) is 59.1 Å². The first-order chi connectivity index (χ1) is 11.0. The van der Waals surface area contributed by atoms with Crippen LogP contribution in [-0.4, -0.2) is 37.4 Å². The van der Waals surface area contributed by atoms with Crippen LogP contribution in [0.25, 0.3) is 0 Å². The van der Waals surface area contributed by atoms with Gasteiger partial charge in [-0.25, -0.2) is 0 Å². The van der Waals surface area contributed by atoms with Crippen LogP contribution >= 0.6 is 11.6 Å². The molecule has 0 aliphatic carbocycles. The molecular formula is C17H17ClN2O3. The number of halogens is 1. The number of anilines is 1. The van der Waals surface area contributed by atoms with E-state index in [9.17, 15) is 9.59 Å². The number of methoxy groups -OCH3 is 1. The Balaban J connectivity index is 2.05. The molecule has 0 spiro atoms. The molecule has 0 saturated carbocycles. The van der Waals surface area contributed by atoms with Gasteiger partial charge in [-0.15, -0.1) is 0 Å². The maximum absolute atomic E-state index is 12.5. The molecule has 0 aliphatic rings. The topological polar surface area (TPSA) is 58.6 Å². The number of nitrogens with zero attached hydrogens (tertiary/aromatic N) is 1. The van der Waals surface area contributed by atoms with Gasteiger partial charge in [-0.05, 0) is 30.3 Å². The second-order valence-corrected chi connectivity index (χ2v) is 5.36. The average Bonchev–Trinajstić information content (AvgIpc) is 2.54. The lowest BCUT2D eigenvalue weighted by molar-refractivity contribution is -0.116. The first-order valence-corrected chi connectivity index (χ1v) is 7.33. The van der Waals surface area contributed by atoms with E-state index in [1.807, 2.05) is 18.2 Å². The fraction of sp³-hybridized carbons (Fsp3) is 0.176. The summed E-state index contributed by atoms with van der Waals surface area (Å²) in [4.78, 5) is 25.8. The van der Waals surface area contributed by atoms with Gasteiger partial charge in [0, 0.05) is 17.8 Å². The van der Waals surface area contributed by atoms with Crippen LogP contribution in [0, 0.1) is 0 Å². The number of hydrogen-bond acceptors (Lipinski definition) is 3. The Morgan fingerprint density at radius 2 is 1.87 bits per heavy atom. The van der Waals surface area contributed by atoms with Crippen LogP contribution in [0.15, 0.2) is 48.5 Å². The minimum Gasteiger partial charge on any atom is -0.496 e. The number of nitrogens with one attached hydrogen (secondary N) is 1. The van der Waals surface area contributed by atoms with Gasteiger partial charge in [-0.2, -0.15) is 0 Å². The molecule has 0 bridgehead atoms. The molecule has 2 aromatic rings. The number of carbonyl (C=O) groups excluding carboxylic acids is 2. The summed E-state index contributed by atoms with van der Waals surface area (Å²) < 4.78 is 5.17. The Morgan fingerprint density at radius 3 is 2.52 bits per heavy atom. The highest BCUT2D eigenvalue weighted by Crippen LogP contribution is 2.23. The van der Waals surface area contributed by atoms with E-state index in [2.05, 4.69) is 5.32 Å². The maximum Gasteiger partial charge on any atom is 0.257 e. The fourth-order valence-corrected chi connectivity index (χ4v) is 2.23. The Morgan fingerprint density at radius 1 is 1.17 bits per heavy atom. The van der Waals surface area contributed by atoms with Crippen LogP contribution in [0.1, 0.15) is 10.4 Å². The van der Waals surface area contributed by atoms with Crippen LogP contribution in [-0.2, 0) is 4.79 Å². The second-order valence-electron chi connectivity index (χ2n) is 4.92. The third kappa shape index (κ3) is 4.47. The summed E-state index contributed by atoms with van der Waals surface area (Å²) in [5.41, 5.74) is 0.994. The van der Waals surface area contributed by atoms with Crippen molar-refractivity contribution in [2.24, 2.45) is 0 Å². The fourth-order valence-electron chi connectivity index (χ4n) is 2.06. The summed E-state index contributed by atoms with van der Waals surface area (Å²) >= 11 is 5.93. The number of benzene rings is 2. The van der Waals surface area contributed by atoms with Gasteiger partial charge < -0.3 is 15.0 Å². The highest BCUT2D eigenvalue weighted by Gasteiger charge is 2.19. The van der Waals surface area contributed by atoms with Crippen molar-refractivity contribution in [3.8, 4) is 5.75 Å². The van der Waals surface area contributed by atoms with E-state index in [1.165, 1.54) is 18.1 Å². The smallest absolute Gasteiger partial charge is 0.257 e. The molecule has 0 heterocycles. The average molecular weight is 333 g/mol. The van der Waals surface area contributed by atoms with Gasteiger partial charge in [0.05, 0.1) is 19.2 Å². The first kappa shape index (κ1) is 16.8. The van der Waals surface area contributed by atoms with Crippen LogP contribution < -0.4 is 10.1 Å². The number of likely N-dealkylation sites (N-methyl/N-ethyl adjacent to an activating group) is 1. The molecule has 0 atom stereocenters. The largest absolute Gasteiger partial charge is 0.496 e. The molecule has 23 heavy (non-hydrogen) atoms. The number of para-hydroxylation sites is 1. The summed E-state index contributed by atoms with van der Waals surface area (Å²) in [6, 6.07) is 13.8. The zero-order valence-corrected chi connectivity index (χ0v) is 13.6. The van der Waals surface area contributed by atoms with E-state index in [0.717, 1.165) is 0 Å². The maximum atomic E-state index is 12.5. The van der Waals surface area contributed by atoms with Gasteiger partial charge in [0.2, 0.25) is 5.91 Å². The molecule has 6 heteroatoms. The number of hydrogen-bond donors (Lipinski definition) is 1. The van der Waals surface area contributed by atoms with Crippen LogP contribution in [0.4, 0.5) is 5.69 Å². The van der Waals surface area contributed by atoms with E-state index in [1.54, 1.807) is 31.3 Å². The summed E-state index contributed by atoms with van der Waals surface area (Å²) in [6.07, 6.45) is 0. The van der Waals surface area contributed by atoms with Crippen molar-refractivity contribution in [1.29, 1.82) is 0 Å². The minimum atomic E-state index is -0.340. The summed E-state index contributed by atoms with van der Waals surface area (Å²) in [7, 11) is 3.02. The Hall–Kier alpha value is -2.53. The summed E-state index contributed by atoms with van der Waals surface area (Å²) in [6.45, 7) is -0.0800. The zero-order valence-electron chi connectivity index (χ0n) is 12.9. The molecule has 0 radical (unpaired) electrons. The second kappa shape index (κ2) is 7.65. The molecule has 0 aliphatic heterocycles. The zero-order chi connectivity index (χ0) is 16.8. The van der Waals surface area contributed by atoms with Crippen LogP contribution in [0.2, 0.25) is 5.02 Å². The lowest BCUT2D eigenvalue weighted by Gasteiger charge is -2.18. The van der Waals surface area contributed by atoms with Crippen molar-refractivity contribution < 1.29 is 14.3 Å². The van der Waals surface area contributed by atoms with Crippen molar-refractivity contribution >= 4 is 29.1 Å². The van der Waals surface area contributed by atoms with Crippen molar-refractivity contribution in [2.75, 3.05) is 26.0 Å². The molecule has 0 aromatic heterocycles. The molecular weight excluding hydrogens is 316 g/mol. The molecule has 120 valence electrons. The molecule has 1 N–H and O–H groups in total. The van der Waals surface area contributed by atoms with Crippen LogP contribution in [0.3, 0.4) is 0 Å². The number of carbonyl (C=O) groups is 2. The third-order valence-corrected chi connectivity index (χ3v) is 3.41. The Labute approximate surface area is 139 Å². The molecule has 0 unspecified atom stereocenters. The Kier molecular flexibility index (Phi) is 5.60. The van der Waals surface area contributed by atoms with Gasteiger partial charge >= 0.3 is 0 Å². The molecule has 2 aromatic carbocycles. The molecule has 0 saturated heterocycles. The highest BCUT2D eigenvalue weighted by atomic mass is 35.5. The number of rotatable bonds is 5. The van der Waals surface area contributed by atoms with E-state index in [0.29, 0.717) is 22.0 Å². The number of amides is 2. The van der Waals surface area contributed by atoms with Gasteiger partial charge in [0.1, 0.15) is 5.75 Å². The first-order valence-electron chi connectivity index (χ1n) is 6.95. The van der Waals surface area contributed by atoms with Gasteiger partial charge in [0.15, 0.2) is 0 Å². The minimum absolute atomic E-state index is 0.0800. The van der Waals surface area contributed by atoms with Crippen molar-refractivity contribution in [1.82, 2.24) is 4.90 Å². The Bertz CT molecular complexity index is 704. The standard InChI is InChI=1S/C17H17ClN2O3/c1-20(11-16(21)19-13-6-4-3-5-7-13)17(22)14-10-12(18)8-9-15(14)23-2/h3-10H,11H2,1-2H3,(H,19,21). The van der Waals surface area contributed by atoms with E-state index >= 15 is 0 Å². The summed E-state index contributed by atoms with van der Waals surface area (Å²) in [5, 5.41) is 3.16. The molecule has 2 rings (SSSR count). The lowest BCUT2D eigenvalue weighted by atomic mass is 10.1. The third-order valence-electron chi connectivity index (χ3n) is 3.18.